The fourth-order valence-electron chi connectivity index (χ4n) is 1.42. The van der Waals surface area contributed by atoms with Crippen LogP contribution in [0.1, 0.15) is 13.8 Å². The summed E-state index contributed by atoms with van der Waals surface area (Å²) < 4.78 is 12.6. The Kier molecular flexibility index (Phi) is 4.41. The van der Waals surface area contributed by atoms with Crippen molar-refractivity contribution < 1.29 is 14.3 Å². The Bertz CT molecular complexity index is 537. The van der Waals surface area contributed by atoms with E-state index < -0.39 is 24.3 Å². The lowest BCUT2D eigenvalue weighted by molar-refractivity contribution is -0.384. The van der Waals surface area contributed by atoms with E-state index in [1.165, 1.54) is 24.3 Å². The first-order valence-corrected chi connectivity index (χ1v) is 7.20. The maximum Gasteiger partial charge on any atom is 0.307 e. The minimum atomic E-state index is -3.83. The molecule has 1 amide bonds. The first-order chi connectivity index (χ1) is 8.64. The summed E-state index contributed by atoms with van der Waals surface area (Å²) >= 11 is 0. The van der Waals surface area contributed by atoms with Gasteiger partial charge in [-0.05, 0) is 12.1 Å². The van der Waals surface area contributed by atoms with Gasteiger partial charge in [0.1, 0.15) is 0 Å². The van der Waals surface area contributed by atoms with Gasteiger partial charge in [-0.1, -0.05) is 13.8 Å². The molecule has 0 heterocycles. The smallest absolute Gasteiger partial charge is 0.274 e. The van der Waals surface area contributed by atoms with Crippen molar-refractivity contribution in [3.63, 3.8) is 0 Å². The molecule has 4 N–H and O–H groups in total. The summed E-state index contributed by atoms with van der Waals surface area (Å²) in [5.74, 6) is -0.974. The predicted molar refractivity (Wildman–Crippen MR) is 71.4 cm³/mol. The lowest BCUT2D eigenvalue weighted by atomic mass is 10.2. The number of hydrogen-bond donors (Lipinski definition) is 2. The van der Waals surface area contributed by atoms with Crippen LogP contribution in [-0.4, -0.2) is 10.8 Å². The van der Waals surface area contributed by atoms with Crippen molar-refractivity contribution in [1.82, 2.24) is 0 Å². The summed E-state index contributed by atoms with van der Waals surface area (Å²) in [6.45, 7) is 3.22. The number of nitrogens with two attached hydrogens (primary N) is 2. The average molecular weight is 286 g/mol. The molecule has 8 nitrogen and oxygen atoms in total. The molecule has 0 fully saturated rings. The van der Waals surface area contributed by atoms with Gasteiger partial charge in [-0.3, -0.25) is 30.5 Å². The van der Waals surface area contributed by atoms with Crippen LogP contribution in [-0.2, 0) is 9.36 Å². The predicted octanol–water partition coefficient (Wildman–Crippen LogP) is 1.61. The summed E-state index contributed by atoms with van der Waals surface area (Å²) in [4.78, 5) is 21.9. The Balaban J connectivity index is 3.23. The van der Waals surface area contributed by atoms with Crippen molar-refractivity contribution in [3.8, 4) is 0 Å². The molecule has 1 aromatic carbocycles. The highest BCUT2D eigenvalue weighted by Gasteiger charge is 2.30. The van der Waals surface area contributed by atoms with Crippen LogP contribution in [0.25, 0.3) is 0 Å². The van der Waals surface area contributed by atoms with E-state index in [1.54, 1.807) is 13.8 Å². The largest absolute Gasteiger partial charge is 0.307 e. The van der Waals surface area contributed by atoms with Crippen molar-refractivity contribution >= 4 is 24.9 Å². The van der Waals surface area contributed by atoms with E-state index in [1.807, 2.05) is 0 Å². The quantitative estimate of drug-likeness (QED) is 0.490. The standard InChI is InChI=1S/C10H15N4O4P/c1-7(2)10(15)13(19(11,12)18)8-3-5-9(6-4-8)14(16)17/h3-7H,1-2H3,(H4,11,12,18). The van der Waals surface area contributed by atoms with Gasteiger partial charge in [0.25, 0.3) is 5.69 Å². The first kappa shape index (κ1) is 15.3. The molecule has 104 valence electrons. The number of carbonyl (C=O) groups is 1. The Labute approximate surface area is 110 Å². The van der Waals surface area contributed by atoms with E-state index in [-0.39, 0.29) is 11.4 Å². The number of amides is 1. The van der Waals surface area contributed by atoms with Gasteiger partial charge in [0, 0.05) is 18.1 Å². The number of benzene rings is 1. The van der Waals surface area contributed by atoms with E-state index in [0.717, 1.165) is 4.67 Å². The Morgan fingerprint density at radius 3 is 2.11 bits per heavy atom. The molecule has 0 spiro atoms. The SMILES string of the molecule is CC(C)C(=O)N(c1ccc([N+](=O)[O-])cc1)P(N)(N)=O. The van der Waals surface area contributed by atoms with Crippen molar-refractivity contribution in [3.05, 3.63) is 34.4 Å². The van der Waals surface area contributed by atoms with E-state index in [4.69, 9.17) is 11.0 Å². The van der Waals surface area contributed by atoms with E-state index in [2.05, 4.69) is 0 Å². The topological polar surface area (TPSA) is 133 Å². The fraction of sp³-hybridized carbons (Fsp3) is 0.300. The number of anilines is 1. The second-order valence-corrected chi connectivity index (χ2v) is 6.00. The summed E-state index contributed by atoms with van der Waals surface area (Å²) in [5.41, 5.74) is 10.7. The summed E-state index contributed by atoms with van der Waals surface area (Å²) in [6, 6.07) is 4.94. The van der Waals surface area contributed by atoms with Gasteiger partial charge in [0.05, 0.1) is 10.6 Å². The molecular formula is C10H15N4O4P. The van der Waals surface area contributed by atoms with Crippen molar-refractivity contribution in [2.24, 2.45) is 16.9 Å². The van der Waals surface area contributed by atoms with Crippen LogP contribution in [0.15, 0.2) is 24.3 Å². The first-order valence-electron chi connectivity index (χ1n) is 5.40. The van der Waals surface area contributed by atoms with Crippen LogP contribution in [0, 0.1) is 16.0 Å². The molecule has 0 unspecified atom stereocenters. The molecule has 0 aromatic heterocycles. The zero-order valence-electron chi connectivity index (χ0n) is 10.5. The molecule has 0 saturated carbocycles. The average Bonchev–Trinajstić information content (AvgIpc) is 2.27. The number of nitrogens with zero attached hydrogens (tertiary/aromatic N) is 2. The molecule has 1 rings (SSSR count). The van der Waals surface area contributed by atoms with Crippen molar-refractivity contribution in [1.29, 1.82) is 0 Å². The third kappa shape index (κ3) is 3.60. The second kappa shape index (κ2) is 5.48. The lowest BCUT2D eigenvalue weighted by Crippen LogP contribution is -2.37. The van der Waals surface area contributed by atoms with Crippen LogP contribution in [0.4, 0.5) is 11.4 Å². The van der Waals surface area contributed by atoms with Crippen molar-refractivity contribution in [2.75, 3.05) is 4.67 Å². The lowest BCUT2D eigenvalue weighted by Gasteiger charge is -2.27. The van der Waals surface area contributed by atoms with Crippen LogP contribution in [0.2, 0.25) is 0 Å². The minimum Gasteiger partial charge on any atom is -0.274 e. The van der Waals surface area contributed by atoms with Gasteiger partial charge in [0.2, 0.25) is 5.91 Å². The Morgan fingerprint density at radius 1 is 1.32 bits per heavy atom. The van der Waals surface area contributed by atoms with Gasteiger partial charge < -0.3 is 0 Å². The zero-order valence-corrected chi connectivity index (χ0v) is 11.4. The van der Waals surface area contributed by atoms with Gasteiger partial charge in [0.15, 0.2) is 0 Å². The summed E-state index contributed by atoms with van der Waals surface area (Å²) in [5, 5.41) is 10.5. The minimum absolute atomic E-state index is 0.149. The third-order valence-electron chi connectivity index (χ3n) is 2.32. The number of hydrogen-bond acceptors (Lipinski definition) is 4. The molecule has 19 heavy (non-hydrogen) atoms. The number of non-ortho nitro benzene ring substituents is 1. The molecular weight excluding hydrogens is 271 g/mol. The normalized spacial score (nSPS) is 11.4. The molecule has 0 bridgehead atoms. The highest BCUT2D eigenvalue weighted by atomic mass is 31.2. The van der Waals surface area contributed by atoms with Crippen LogP contribution in [0.3, 0.4) is 0 Å². The monoisotopic (exact) mass is 286 g/mol. The summed E-state index contributed by atoms with van der Waals surface area (Å²) in [6.07, 6.45) is 0. The second-order valence-electron chi connectivity index (χ2n) is 4.25. The number of nitro groups is 1. The molecule has 0 atom stereocenters. The zero-order chi connectivity index (χ0) is 14.8. The molecule has 9 heteroatoms. The van der Waals surface area contributed by atoms with E-state index in [9.17, 15) is 19.5 Å². The molecule has 0 radical (unpaired) electrons. The number of carbonyl (C=O) groups excluding carboxylic acids is 1. The number of rotatable bonds is 4. The maximum absolute atomic E-state index is 12.0. The van der Waals surface area contributed by atoms with Crippen LogP contribution in [0.5, 0.6) is 0 Å². The van der Waals surface area contributed by atoms with Gasteiger partial charge in [-0.25, -0.2) is 4.67 Å². The van der Waals surface area contributed by atoms with Gasteiger partial charge in [-0.2, -0.15) is 0 Å². The maximum atomic E-state index is 12.0. The van der Waals surface area contributed by atoms with Crippen LogP contribution >= 0.6 is 7.59 Å². The molecule has 0 aliphatic carbocycles. The van der Waals surface area contributed by atoms with Gasteiger partial charge >= 0.3 is 7.59 Å². The highest BCUT2D eigenvalue weighted by molar-refractivity contribution is 7.61. The molecule has 0 saturated heterocycles. The van der Waals surface area contributed by atoms with Gasteiger partial charge in [-0.15, -0.1) is 0 Å². The van der Waals surface area contributed by atoms with E-state index >= 15 is 0 Å². The molecule has 0 aliphatic rings. The highest BCUT2D eigenvalue weighted by Crippen LogP contribution is 2.39. The number of nitro benzene ring substituents is 1. The van der Waals surface area contributed by atoms with Crippen LogP contribution < -0.4 is 15.7 Å². The van der Waals surface area contributed by atoms with E-state index in [0.29, 0.717) is 0 Å². The molecule has 0 aliphatic heterocycles. The third-order valence-corrected chi connectivity index (χ3v) is 3.37. The fourth-order valence-corrected chi connectivity index (χ4v) is 2.46. The van der Waals surface area contributed by atoms with Crippen molar-refractivity contribution in [2.45, 2.75) is 13.8 Å². The Hall–Kier alpha value is -1.76. The molecule has 1 aromatic rings. The summed E-state index contributed by atoms with van der Waals surface area (Å²) in [7, 11) is -3.83. The Morgan fingerprint density at radius 2 is 1.79 bits per heavy atom.